The SMILES string of the molecule is C=CCOC(=O)N(CCO)CCC(=O)O. The van der Waals surface area contributed by atoms with E-state index in [0.717, 1.165) is 4.90 Å². The largest absolute Gasteiger partial charge is 0.481 e. The molecule has 0 atom stereocenters. The van der Waals surface area contributed by atoms with Crippen molar-refractivity contribution >= 4 is 12.1 Å². The van der Waals surface area contributed by atoms with Crippen molar-refractivity contribution in [3.63, 3.8) is 0 Å². The molecule has 0 aliphatic carbocycles. The lowest BCUT2D eigenvalue weighted by Crippen LogP contribution is -2.35. The van der Waals surface area contributed by atoms with Crippen LogP contribution >= 0.6 is 0 Å². The van der Waals surface area contributed by atoms with Crippen LogP contribution in [0.1, 0.15) is 6.42 Å². The Morgan fingerprint density at radius 3 is 2.53 bits per heavy atom. The standard InChI is InChI=1S/C9H15NO5/c1-2-7-15-9(14)10(5-6-11)4-3-8(12)13/h2,11H,1,3-7H2,(H,12,13). The molecule has 0 saturated heterocycles. The second-order valence-corrected chi connectivity index (χ2v) is 2.72. The first kappa shape index (κ1) is 13.4. The number of nitrogens with zero attached hydrogens (tertiary/aromatic N) is 1. The van der Waals surface area contributed by atoms with Gasteiger partial charge >= 0.3 is 12.1 Å². The minimum atomic E-state index is -1.01. The molecule has 2 N–H and O–H groups in total. The van der Waals surface area contributed by atoms with E-state index in [9.17, 15) is 9.59 Å². The zero-order chi connectivity index (χ0) is 11.7. The van der Waals surface area contributed by atoms with E-state index in [1.807, 2.05) is 0 Å². The number of amides is 1. The molecule has 0 aromatic heterocycles. The number of aliphatic hydroxyl groups is 1. The van der Waals surface area contributed by atoms with Crippen LogP contribution in [0.15, 0.2) is 12.7 Å². The number of aliphatic hydroxyl groups excluding tert-OH is 1. The number of carboxylic acids is 1. The Labute approximate surface area is 87.8 Å². The monoisotopic (exact) mass is 217 g/mol. The summed E-state index contributed by atoms with van der Waals surface area (Å²) in [5.74, 6) is -1.01. The Morgan fingerprint density at radius 1 is 1.40 bits per heavy atom. The molecule has 0 saturated carbocycles. The third kappa shape index (κ3) is 6.50. The lowest BCUT2D eigenvalue weighted by Gasteiger charge is -2.19. The van der Waals surface area contributed by atoms with Crippen LogP contribution in [0.3, 0.4) is 0 Å². The van der Waals surface area contributed by atoms with Crippen molar-refractivity contribution in [2.45, 2.75) is 6.42 Å². The van der Waals surface area contributed by atoms with E-state index in [-0.39, 0.29) is 32.7 Å². The highest BCUT2D eigenvalue weighted by Gasteiger charge is 2.14. The van der Waals surface area contributed by atoms with Gasteiger partial charge in [0, 0.05) is 13.1 Å². The molecule has 0 aliphatic rings. The average Bonchev–Trinajstić information content (AvgIpc) is 2.20. The molecule has 6 nitrogen and oxygen atoms in total. The Morgan fingerprint density at radius 2 is 2.07 bits per heavy atom. The first-order valence-corrected chi connectivity index (χ1v) is 4.47. The number of carboxylic acid groups (broad SMARTS) is 1. The molecule has 0 aromatic carbocycles. The Hall–Kier alpha value is -1.56. The summed E-state index contributed by atoms with van der Waals surface area (Å²) in [6.45, 7) is 3.28. The summed E-state index contributed by atoms with van der Waals surface area (Å²) >= 11 is 0. The molecule has 0 rings (SSSR count). The van der Waals surface area contributed by atoms with Gasteiger partial charge in [0.05, 0.1) is 13.0 Å². The zero-order valence-electron chi connectivity index (χ0n) is 8.39. The van der Waals surface area contributed by atoms with Gasteiger partial charge in [-0.05, 0) is 0 Å². The molecule has 0 fully saturated rings. The van der Waals surface area contributed by atoms with E-state index in [1.54, 1.807) is 0 Å². The number of aliphatic carboxylic acids is 1. The second-order valence-electron chi connectivity index (χ2n) is 2.72. The van der Waals surface area contributed by atoms with Crippen molar-refractivity contribution in [2.75, 3.05) is 26.3 Å². The van der Waals surface area contributed by atoms with Crippen LogP contribution in [0.2, 0.25) is 0 Å². The molecule has 15 heavy (non-hydrogen) atoms. The lowest BCUT2D eigenvalue weighted by molar-refractivity contribution is -0.137. The molecule has 1 amide bonds. The van der Waals surface area contributed by atoms with E-state index in [4.69, 9.17) is 14.9 Å². The van der Waals surface area contributed by atoms with Crippen molar-refractivity contribution in [2.24, 2.45) is 0 Å². The Bertz CT molecular complexity index is 229. The molecule has 86 valence electrons. The predicted octanol–water partition coefficient (Wildman–Crippen LogP) is 0.0780. The first-order chi connectivity index (χ1) is 7.11. The number of rotatable bonds is 7. The number of hydrogen-bond donors (Lipinski definition) is 2. The van der Waals surface area contributed by atoms with Crippen LogP contribution in [0, 0.1) is 0 Å². The number of carbonyl (C=O) groups is 2. The second kappa shape index (κ2) is 7.81. The third-order valence-corrected chi connectivity index (χ3v) is 1.55. The van der Waals surface area contributed by atoms with Crippen LogP contribution in [0.5, 0.6) is 0 Å². The molecular weight excluding hydrogens is 202 g/mol. The van der Waals surface area contributed by atoms with Crippen LogP contribution in [-0.4, -0.2) is 53.5 Å². The molecule has 0 radical (unpaired) electrons. The zero-order valence-corrected chi connectivity index (χ0v) is 8.39. The van der Waals surface area contributed by atoms with Gasteiger partial charge in [-0.1, -0.05) is 12.7 Å². The van der Waals surface area contributed by atoms with Crippen molar-refractivity contribution < 1.29 is 24.5 Å². The van der Waals surface area contributed by atoms with E-state index in [0.29, 0.717) is 0 Å². The van der Waals surface area contributed by atoms with Crippen molar-refractivity contribution in [1.82, 2.24) is 4.90 Å². The summed E-state index contributed by atoms with van der Waals surface area (Å²) in [5, 5.41) is 17.1. The minimum Gasteiger partial charge on any atom is -0.481 e. The third-order valence-electron chi connectivity index (χ3n) is 1.55. The molecule has 0 heterocycles. The normalized spacial score (nSPS) is 9.40. The summed E-state index contributed by atoms with van der Waals surface area (Å²) in [5.41, 5.74) is 0. The van der Waals surface area contributed by atoms with E-state index in [2.05, 4.69) is 6.58 Å². The van der Waals surface area contributed by atoms with Gasteiger partial charge in [0.25, 0.3) is 0 Å². The molecule has 0 bridgehead atoms. The van der Waals surface area contributed by atoms with Gasteiger partial charge in [0.2, 0.25) is 0 Å². The summed E-state index contributed by atoms with van der Waals surface area (Å²) < 4.78 is 4.70. The first-order valence-electron chi connectivity index (χ1n) is 4.47. The van der Waals surface area contributed by atoms with E-state index in [1.165, 1.54) is 6.08 Å². The van der Waals surface area contributed by atoms with Gasteiger partial charge in [-0.25, -0.2) is 4.79 Å². The number of ether oxygens (including phenoxy) is 1. The number of hydrogen-bond acceptors (Lipinski definition) is 4. The van der Waals surface area contributed by atoms with Crippen molar-refractivity contribution in [1.29, 1.82) is 0 Å². The maximum absolute atomic E-state index is 11.3. The smallest absolute Gasteiger partial charge is 0.410 e. The summed E-state index contributed by atoms with van der Waals surface area (Å²) in [4.78, 5) is 22.7. The fraction of sp³-hybridized carbons (Fsp3) is 0.556. The number of carbonyl (C=O) groups excluding carboxylic acids is 1. The van der Waals surface area contributed by atoms with Crippen LogP contribution in [-0.2, 0) is 9.53 Å². The van der Waals surface area contributed by atoms with Crippen LogP contribution < -0.4 is 0 Å². The highest BCUT2D eigenvalue weighted by Crippen LogP contribution is 1.96. The van der Waals surface area contributed by atoms with E-state index >= 15 is 0 Å². The van der Waals surface area contributed by atoms with E-state index < -0.39 is 12.1 Å². The fourth-order valence-electron chi connectivity index (χ4n) is 0.867. The predicted molar refractivity (Wildman–Crippen MR) is 52.5 cm³/mol. The van der Waals surface area contributed by atoms with Crippen molar-refractivity contribution in [3.8, 4) is 0 Å². The van der Waals surface area contributed by atoms with Gasteiger partial charge in [-0.2, -0.15) is 0 Å². The highest BCUT2D eigenvalue weighted by molar-refractivity contribution is 5.70. The summed E-state index contributed by atoms with van der Waals surface area (Å²) in [6, 6.07) is 0. The Balaban J connectivity index is 4.05. The highest BCUT2D eigenvalue weighted by atomic mass is 16.6. The molecular formula is C9H15NO5. The van der Waals surface area contributed by atoms with Crippen LogP contribution in [0.25, 0.3) is 0 Å². The van der Waals surface area contributed by atoms with Gasteiger partial charge in [-0.3, -0.25) is 4.79 Å². The van der Waals surface area contributed by atoms with Gasteiger partial charge in [-0.15, -0.1) is 0 Å². The maximum atomic E-state index is 11.3. The molecule has 0 unspecified atom stereocenters. The lowest BCUT2D eigenvalue weighted by atomic mass is 10.4. The minimum absolute atomic E-state index is 0.0197. The molecule has 0 aromatic rings. The van der Waals surface area contributed by atoms with Crippen LogP contribution in [0.4, 0.5) is 4.79 Å². The van der Waals surface area contributed by atoms with Gasteiger partial charge in [0.15, 0.2) is 0 Å². The average molecular weight is 217 g/mol. The van der Waals surface area contributed by atoms with Gasteiger partial charge in [0.1, 0.15) is 6.61 Å². The quantitative estimate of drug-likeness (QED) is 0.589. The fourth-order valence-corrected chi connectivity index (χ4v) is 0.867. The molecule has 0 spiro atoms. The molecule has 6 heteroatoms. The topological polar surface area (TPSA) is 87.1 Å². The van der Waals surface area contributed by atoms with Gasteiger partial charge < -0.3 is 19.8 Å². The summed E-state index contributed by atoms with van der Waals surface area (Å²) in [7, 11) is 0. The Kier molecular flexibility index (Phi) is 7.00. The molecule has 0 aliphatic heterocycles. The maximum Gasteiger partial charge on any atom is 0.410 e. The van der Waals surface area contributed by atoms with Crippen molar-refractivity contribution in [3.05, 3.63) is 12.7 Å². The summed E-state index contributed by atoms with van der Waals surface area (Å²) in [6.07, 6.45) is 0.584.